The molecule has 2 aliphatic rings. The lowest BCUT2D eigenvalue weighted by atomic mass is 9.74. The van der Waals surface area contributed by atoms with Crippen LogP contribution in [-0.4, -0.2) is 24.4 Å². The molecule has 4 heteroatoms. The summed E-state index contributed by atoms with van der Waals surface area (Å²) in [6.07, 6.45) is 10.7. The molecule has 0 aromatic heterocycles. The number of hydrogen-bond acceptors (Lipinski definition) is 2. The summed E-state index contributed by atoms with van der Waals surface area (Å²) in [5.41, 5.74) is 1.23. The van der Waals surface area contributed by atoms with Crippen molar-refractivity contribution in [1.82, 2.24) is 0 Å². The fourth-order valence-electron chi connectivity index (χ4n) is 3.45. The van der Waals surface area contributed by atoms with E-state index in [9.17, 15) is 4.79 Å². The SMILES string of the molecule is C=C/C(=C\C=[NH+]\OC)C1CCCC2(C1)CC2C(=O)O. The largest absolute Gasteiger partial charge is 0.481 e. The van der Waals surface area contributed by atoms with Gasteiger partial charge in [0.05, 0.1) is 5.92 Å². The van der Waals surface area contributed by atoms with E-state index in [1.165, 1.54) is 5.57 Å². The molecule has 0 heterocycles. The van der Waals surface area contributed by atoms with Crippen LogP contribution in [0.15, 0.2) is 24.3 Å². The molecule has 3 unspecified atom stereocenters. The van der Waals surface area contributed by atoms with Crippen LogP contribution in [-0.2, 0) is 9.63 Å². The maximum atomic E-state index is 11.1. The Labute approximate surface area is 113 Å². The topological polar surface area (TPSA) is 60.5 Å². The molecule has 0 amide bonds. The van der Waals surface area contributed by atoms with Crippen molar-refractivity contribution < 1.29 is 19.9 Å². The second-order valence-electron chi connectivity index (χ2n) is 5.61. The Kier molecular flexibility index (Phi) is 4.08. The number of hydrogen-bond donors (Lipinski definition) is 2. The summed E-state index contributed by atoms with van der Waals surface area (Å²) in [5.74, 6) is -0.328. The number of carboxylic acids is 1. The van der Waals surface area contributed by atoms with Crippen molar-refractivity contribution in [2.75, 3.05) is 7.11 Å². The molecular formula is C15H22NO3+. The fraction of sp³-hybridized carbons (Fsp3) is 0.600. The zero-order valence-electron chi connectivity index (χ0n) is 11.4. The van der Waals surface area contributed by atoms with Crippen molar-refractivity contribution in [3.63, 3.8) is 0 Å². The smallest absolute Gasteiger partial charge is 0.307 e. The van der Waals surface area contributed by atoms with Crippen molar-refractivity contribution in [3.8, 4) is 0 Å². The Balaban J connectivity index is 2.05. The highest BCUT2D eigenvalue weighted by molar-refractivity contribution is 5.75. The summed E-state index contributed by atoms with van der Waals surface area (Å²) in [5, 5.41) is 11.8. The molecule has 0 aromatic carbocycles. The average Bonchev–Trinajstić information content (AvgIpc) is 3.08. The summed E-state index contributed by atoms with van der Waals surface area (Å²) in [7, 11) is 1.56. The monoisotopic (exact) mass is 264 g/mol. The van der Waals surface area contributed by atoms with E-state index in [0.29, 0.717) is 5.92 Å². The lowest BCUT2D eigenvalue weighted by Gasteiger charge is -2.30. The molecule has 2 N–H and O–H groups in total. The molecular weight excluding hydrogens is 242 g/mol. The molecule has 0 bridgehead atoms. The van der Waals surface area contributed by atoms with Gasteiger partial charge in [-0.15, -0.1) is 0 Å². The lowest BCUT2D eigenvalue weighted by Crippen LogP contribution is -2.66. The maximum Gasteiger partial charge on any atom is 0.307 e. The fourth-order valence-corrected chi connectivity index (χ4v) is 3.45. The summed E-state index contributed by atoms with van der Waals surface area (Å²) in [4.78, 5) is 15.9. The Hall–Kier alpha value is -1.58. The van der Waals surface area contributed by atoms with Gasteiger partial charge in [0.2, 0.25) is 6.21 Å². The van der Waals surface area contributed by atoms with Gasteiger partial charge in [-0.25, -0.2) is 0 Å². The van der Waals surface area contributed by atoms with Crippen LogP contribution in [0.5, 0.6) is 0 Å². The van der Waals surface area contributed by atoms with E-state index in [1.54, 1.807) is 13.3 Å². The first-order valence-electron chi connectivity index (χ1n) is 6.80. The predicted octanol–water partition coefficient (Wildman–Crippen LogP) is 1.09. The molecule has 2 saturated carbocycles. The Bertz CT molecular complexity index is 427. The predicted molar refractivity (Wildman–Crippen MR) is 72.4 cm³/mol. The van der Waals surface area contributed by atoms with E-state index >= 15 is 0 Å². The number of aliphatic carboxylic acids is 1. The van der Waals surface area contributed by atoms with Crippen molar-refractivity contribution in [2.45, 2.75) is 32.1 Å². The number of nitrogens with one attached hydrogen (secondary N) is 1. The van der Waals surface area contributed by atoms with Crippen LogP contribution in [0.25, 0.3) is 0 Å². The molecule has 2 aliphatic carbocycles. The van der Waals surface area contributed by atoms with Crippen LogP contribution in [0.3, 0.4) is 0 Å². The van der Waals surface area contributed by atoms with Gasteiger partial charge in [0.25, 0.3) is 0 Å². The van der Waals surface area contributed by atoms with Crippen LogP contribution in [0.1, 0.15) is 32.1 Å². The van der Waals surface area contributed by atoms with Gasteiger partial charge < -0.3 is 5.11 Å². The van der Waals surface area contributed by atoms with Gasteiger partial charge in [-0.05, 0) is 47.7 Å². The first-order chi connectivity index (χ1) is 9.13. The van der Waals surface area contributed by atoms with Crippen LogP contribution < -0.4 is 5.16 Å². The molecule has 19 heavy (non-hydrogen) atoms. The molecule has 2 rings (SSSR count). The van der Waals surface area contributed by atoms with E-state index in [4.69, 9.17) is 9.94 Å². The number of carbonyl (C=O) groups is 1. The average molecular weight is 264 g/mol. The van der Waals surface area contributed by atoms with Gasteiger partial charge in [0.15, 0.2) is 0 Å². The highest BCUT2D eigenvalue weighted by Crippen LogP contribution is 2.63. The van der Waals surface area contributed by atoms with E-state index < -0.39 is 5.97 Å². The molecule has 1 spiro atoms. The highest BCUT2D eigenvalue weighted by Gasteiger charge is 2.59. The Morgan fingerprint density at radius 1 is 1.53 bits per heavy atom. The summed E-state index contributed by atoms with van der Waals surface area (Å²) >= 11 is 0. The Morgan fingerprint density at radius 3 is 2.89 bits per heavy atom. The minimum absolute atomic E-state index is 0.0610. The Morgan fingerprint density at radius 2 is 2.32 bits per heavy atom. The summed E-state index contributed by atoms with van der Waals surface area (Å²) < 4.78 is 0. The second-order valence-corrected chi connectivity index (χ2v) is 5.61. The van der Waals surface area contributed by atoms with Crippen molar-refractivity contribution >= 4 is 12.2 Å². The van der Waals surface area contributed by atoms with E-state index in [1.807, 2.05) is 12.2 Å². The molecule has 2 fully saturated rings. The molecule has 104 valence electrons. The molecule has 0 aromatic rings. The first-order valence-corrected chi connectivity index (χ1v) is 6.80. The van der Waals surface area contributed by atoms with Crippen LogP contribution in [0.4, 0.5) is 0 Å². The van der Waals surface area contributed by atoms with E-state index in [2.05, 4.69) is 11.7 Å². The molecule has 4 nitrogen and oxygen atoms in total. The number of rotatable bonds is 5. The first kappa shape index (κ1) is 13.8. The van der Waals surface area contributed by atoms with Crippen LogP contribution >= 0.6 is 0 Å². The van der Waals surface area contributed by atoms with Crippen molar-refractivity contribution in [2.24, 2.45) is 17.3 Å². The van der Waals surface area contributed by atoms with Gasteiger partial charge in [0.1, 0.15) is 7.11 Å². The van der Waals surface area contributed by atoms with Gasteiger partial charge in [-0.3, -0.25) is 9.63 Å². The van der Waals surface area contributed by atoms with Gasteiger partial charge in [0, 0.05) is 6.08 Å². The third-order valence-electron chi connectivity index (χ3n) is 4.54. The molecule has 0 radical (unpaired) electrons. The number of allylic oxidation sites excluding steroid dienone is 3. The van der Waals surface area contributed by atoms with E-state index in [-0.39, 0.29) is 11.3 Å². The van der Waals surface area contributed by atoms with Gasteiger partial charge >= 0.3 is 5.97 Å². The quantitative estimate of drug-likeness (QED) is 0.444. The molecule has 0 aliphatic heterocycles. The standard InChI is InChI=1S/C15H21NO3/c1-3-11(6-8-16-19-2)12-5-4-7-15(9-12)10-13(15)14(17)18/h3,6,8,12-13H,1,4-5,7,9-10H2,2H3,(H,17,18)/p+1/b11-6+,16-8+. The minimum atomic E-state index is -0.627. The number of carboxylic acid groups (broad SMARTS) is 1. The zero-order valence-corrected chi connectivity index (χ0v) is 11.4. The van der Waals surface area contributed by atoms with Crippen LogP contribution in [0.2, 0.25) is 0 Å². The van der Waals surface area contributed by atoms with Crippen molar-refractivity contribution in [1.29, 1.82) is 0 Å². The minimum Gasteiger partial charge on any atom is -0.481 e. The van der Waals surface area contributed by atoms with Crippen LogP contribution in [0, 0.1) is 17.3 Å². The highest BCUT2D eigenvalue weighted by atomic mass is 16.6. The normalized spacial score (nSPS) is 34.5. The summed E-state index contributed by atoms with van der Waals surface area (Å²) in [6.45, 7) is 3.86. The zero-order chi connectivity index (χ0) is 13.9. The third-order valence-corrected chi connectivity index (χ3v) is 4.54. The second kappa shape index (κ2) is 5.59. The maximum absolute atomic E-state index is 11.1. The summed E-state index contributed by atoms with van der Waals surface area (Å²) in [6, 6.07) is 0. The van der Waals surface area contributed by atoms with Crippen molar-refractivity contribution in [3.05, 3.63) is 24.3 Å². The van der Waals surface area contributed by atoms with E-state index in [0.717, 1.165) is 32.1 Å². The molecule has 3 atom stereocenters. The third kappa shape index (κ3) is 2.88. The lowest BCUT2D eigenvalue weighted by molar-refractivity contribution is -0.740. The van der Waals surface area contributed by atoms with Gasteiger partial charge in [-0.1, -0.05) is 19.1 Å². The molecule has 0 saturated heterocycles. The van der Waals surface area contributed by atoms with Gasteiger partial charge in [-0.2, -0.15) is 0 Å².